The molecule has 1 rings (SSSR count). The maximum Gasteiger partial charge on any atom is 0.381 e. The highest BCUT2D eigenvalue weighted by atomic mass is 16.6. The summed E-state index contributed by atoms with van der Waals surface area (Å²) in [5, 5.41) is 20.4. The Bertz CT molecular complexity index is 357. The molecule has 0 fully saturated rings. The molecule has 1 N–H and O–H groups in total. The van der Waals surface area contributed by atoms with Gasteiger partial charge in [0, 0.05) is 0 Å². The first kappa shape index (κ1) is 11.6. The molecule has 6 heteroatoms. The Morgan fingerprint density at radius 3 is 2.73 bits per heavy atom. The van der Waals surface area contributed by atoms with Gasteiger partial charge in [-0.2, -0.15) is 0 Å². The predicted molar refractivity (Wildman–Crippen MR) is 54.3 cm³/mol. The SMILES string of the molecule is CC(C)C(C)(O)Cn1cnc([N+](=O)[O-])c1. The van der Waals surface area contributed by atoms with Crippen molar-refractivity contribution in [2.75, 3.05) is 0 Å². The molecule has 0 bridgehead atoms. The fourth-order valence-electron chi connectivity index (χ4n) is 1.08. The van der Waals surface area contributed by atoms with Crippen LogP contribution in [0.2, 0.25) is 0 Å². The number of nitro groups is 1. The molecular formula is C9H15N3O3. The Labute approximate surface area is 87.7 Å². The second-order valence-corrected chi connectivity index (χ2v) is 4.17. The number of aromatic nitrogens is 2. The van der Waals surface area contributed by atoms with E-state index in [-0.39, 0.29) is 11.7 Å². The number of aliphatic hydroxyl groups is 1. The van der Waals surface area contributed by atoms with Crippen LogP contribution in [-0.4, -0.2) is 25.2 Å². The van der Waals surface area contributed by atoms with Gasteiger partial charge in [0.2, 0.25) is 6.33 Å². The van der Waals surface area contributed by atoms with E-state index < -0.39 is 10.5 Å². The van der Waals surface area contributed by atoms with Crippen LogP contribution in [0.3, 0.4) is 0 Å². The number of hydrogen-bond acceptors (Lipinski definition) is 4. The molecule has 0 spiro atoms. The Hall–Kier alpha value is -1.43. The number of nitrogens with zero attached hydrogens (tertiary/aromatic N) is 3. The van der Waals surface area contributed by atoms with Crippen LogP contribution in [0.1, 0.15) is 20.8 Å². The van der Waals surface area contributed by atoms with Gasteiger partial charge in [0.1, 0.15) is 6.20 Å². The minimum atomic E-state index is -0.894. The number of rotatable bonds is 4. The first-order valence-electron chi connectivity index (χ1n) is 4.71. The van der Waals surface area contributed by atoms with Crippen molar-refractivity contribution >= 4 is 5.82 Å². The van der Waals surface area contributed by atoms with E-state index in [1.54, 1.807) is 6.92 Å². The van der Waals surface area contributed by atoms with Crippen molar-refractivity contribution in [2.45, 2.75) is 32.9 Å². The van der Waals surface area contributed by atoms with Crippen molar-refractivity contribution < 1.29 is 10.0 Å². The third-order valence-corrected chi connectivity index (χ3v) is 2.55. The summed E-state index contributed by atoms with van der Waals surface area (Å²) >= 11 is 0. The van der Waals surface area contributed by atoms with Crippen molar-refractivity contribution in [3.63, 3.8) is 0 Å². The highest BCUT2D eigenvalue weighted by Crippen LogP contribution is 2.19. The van der Waals surface area contributed by atoms with Crippen LogP contribution in [0, 0.1) is 16.0 Å². The molecule has 1 aromatic rings. The smallest absolute Gasteiger partial charge is 0.381 e. The zero-order chi connectivity index (χ0) is 11.6. The van der Waals surface area contributed by atoms with Crippen LogP contribution in [0.5, 0.6) is 0 Å². The van der Waals surface area contributed by atoms with Gasteiger partial charge in [-0.1, -0.05) is 13.8 Å². The molecule has 0 amide bonds. The maximum atomic E-state index is 10.4. The third-order valence-electron chi connectivity index (χ3n) is 2.55. The molecule has 1 unspecified atom stereocenters. The van der Waals surface area contributed by atoms with E-state index >= 15 is 0 Å². The average molecular weight is 213 g/mol. The van der Waals surface area contributed by atoms with Crippen molar-refractivity contribution in [3.8, 4) is 0 Å². The fraction of sp³-hybridized carbons (Fsp3) is 0.667. The van der Waals surface area contributed by atoms with Crippen LogP contribution in [0.15, 0.2) is 12.5 Å². The second-order valence-electron chi connectivity index (χ2n) is 4.17. The normalized spacial score (nSPS) is 15.3. The average Bonchev–Trinajstić information content (AvgIpc) is 2.51. The minimum absolute atomic E-state index is 0.0685. The first-order chi connectivity index (χ1) is 6.83. The molecule has 6 nitrogen and oxygen atoms in total. The Morgan fingerprint density at radius 1 is 1.73 bits per heavy atom. The molecule has 0 aromatic carbocycles. The summed E-state index contributed by atoms with van der Waals surface area (Å²) in [5.74, 6) is -0.131. The third kappa shape index (κ3) is 2.76. The number of hydrogen-bond donors (Lipinski definition) is 1. The first-order valence-corrected chi connectivity index (χ1v) is 4.71. The Kier molecular flexibility index (Phi) is 3.09. The van der Waals surface area contributed by atoms with Crippen LogP contribution < -0.4 is 0 Å². The molecule has 0 saturated heterocycles. The van der Waals surface area contributed by atoms with E-state index in [0.29, 0.717) is 6.54 Å². The van der Waals surface area contributed by atoms with Crippen LogP contribution in [0.25, 0.3) is 0 Å². The van der Waals surface area contributed by atoms with Gasteiger partial charge in [-0.25, -0.2) is 0 Å². The van der Waals surface area contributed by atoms with Gasteiger partial charge in [0.05, 0.1) is 12.1 Å². The molecule has 1 atom stereocenters. The van der Waals surface area contributed by atoms with Gasteiger partial charge < -0.3 is 19.8 Å². The molecular weight excluding hydrogens is 198 g/mol. The molecule has 84 valence electrons. The van der Waals surface area contributed by atoms with Crippen molar-refractivity contribution in [3.05, 3.63) is 22.6 Å². The summed E-state index contributed by atoms with van der Waals surface area (Å²) in [4.78, 5) is 13.4. The highest BCUT2D eigenvalue weighted by Gasteiger charge is 2.26. The van der Waals surface area contributed by atoms with E-state index in [9.17, 15) is 15.2 Å². The largest absolute Gasteiger partial charge is 0.388 e. The highest BCUT2D eigenvalue weighted by molar-refractivity contribution is 5.12. The lowest BCUT2D eigenvalue weighted by Gasteiger charge is -2.27. The Balaban J connectivity index is 2.77. The quantitative estimate of drug-likeness (QED) is 0.601. The summed E-state index contributed by atoms with van der Waals surface area (Å²) in [7, 11) is 0. The molecule has 0 radical (unpaired) electrons. The lowest BCUT2D eigenvalue weighted by Crippen LogP contribution is -2.35. The van der Waals surface area contributed by atoms with E-state index in [4.69, 9.17) is 0 Å². The van der Waals surface area contributed by atoms with E-state index in [1.807, 2.05) is 13.8 Å². The van der Waals surface area contributed by atoms with Gasteiger partial charge in [-0.05, 0) is 22.7 Å². The minimum Gasteiger partial charge on any atom is -0.388 e. The summed E-state index contributed by atoms with van der Waals surface area (Å²) in [5.41, 5.74) is -0.894. The van der Waals surface area contributed by atoms with Crippen LogP contribution in [-0.2, 0) is 6.54 Å². The van der Waals surface area contributed by atoms with Gasteiger partial charge in [-0.15, -0.1) is 0 Å². The van der Waals surface area contributed by atoms with Crippen molar-refractivity contribution in [2.24, 2.45) is 5.92 Å². The monoisotopic (exact) mass is 213 g/mol. The van der Waals surface area contributed by atoms with Gasteiger partial charge in [0.15, 0.2) is 0 Å². The zero-order valence-electron chi connectivity index (χ0n) is 9.04. The topological polar surface area (TPSA) is 81.2 Å². The van der Waals surface area contributed by atoms with Crippen LogP contribution in [0.4, 0.5) is 5.82 Å². The lowest BCUT2D eigenvalue weighted by atomic mass is 9.92. The molecule has 15 heavy (non-hydrogen) atoms. The summed E-state index contributed by atoms with van der Waals surface area (Å²) < 4.78 is 1.53. The standard InChI is InChI=1S/C9H15N3O3/c1-7(2)9(3,13)5-11-4-8(10-6-11)12(14)15/h4,6-7,13H,5H2,1-3H3. The Morgan fingerprint density at radius 2 is 2.33 bits per heavy atom. The molecule has 1 heterocycles. The van der Waals surface area contributed by atoms with E-state index in [0.717, 1.165) is 0 Å². The van der Waals surface area contributed by atoms with Crippen molar-refractivity contribution in [1.29, 1.82) is 0 Å². The fourth-order valence-corrected chi connectivity index (χ4v) is 1.08. The summed E-state index contributed by atoms with van der Waals surface area (Å²) in [6, 6.07) is 0. The molecule has 0 aliphatic rings. The van der Waals surface area contributed by atoms with E-state index in [2.05, 4.69) is 4.98 Å². The lowest BCUT2D eigenvalue weighted by molar-refractivity contribution is -0.389. The molecule has 0 aliphatic carbocycles. The van der Waals surface area contributed by atoms with Gasteiger partial charge in [0.25, 0.3) is 0 Å². The van der Waals surface area contributed by atoms with E-state index in [1.165, 1.54) is 17.1 Å². The van der Waals surface area contributed by atoms with Crippen molar-refractivity contribution in [1.82, 2.24) is 9.55 Å². The second kappa shape index (κ2) is 3.98. The molecule has 1 aromatic heterocycles. The predicted octanol–water partition coefficient (Wildman–Crippen LogP) is 1.20. The van der Waals surface area contributed by atoms with Crippen LogP contribution >= 0.6 is 0 Å². The number of imidazole rings is 1. The summed E-state index contributed by atoms with van der Waals surface area (Å²) in [6.07, 6.45) is 2.67. The maximum absolute atomic E-state index is 10.4. The molecule has 0 saturated carbocycles. The van der Waals surface area contributed by atoms with Gasteiger partial charge >= 0.3 is 5.82 Å². The summed E-state index contributed by atoms with van der Waals surface area (Å²) in [6.45, 7) is 5.78. The zero-order valence-corrected chi connectivity index (χ0v) is 9.04. The molecule has 0 aliphatic heterocycles. The van der Waals surface area contributed by atoms with Gasteiger partial charge in [-0.3, -0.25) is 0 Å².